The first-order valence-corrected chi connectivity index (χ1v) is 13.3. The van der Waals surface area contributed by atoms with E-state index in [0.29, 0.717) is 33.5 Å². The summed E-state index contributed by atoms with van der Waals surface area (Å²) in [7, 11) is 0. The Morgan fingerprint density at radius 3 is 2.82 bits per heavy atom. The number of nitrogens with one attached hydrogen (secondary N) is 2. The molecule has 2 aromatic heterocycles. The van der Waals surface area contributed by atoms with E-state index in [1.54, 1.807) is 41.1 Å². The SMILES string of the molecule is Cc1c(NC(=O)/C=C/CN2CCCCC2)cn2ncnc(Nc3ccc(OCc4cccc(F)c4)c(Cl)c3)c12. The number of hydrogen-bond acceptors (Lipinski definition) is 6. The predicted molar refractivity (Wildman–Crippen MR) is 151 cm³/mol. The van der Waals surface area contributed by atoms with Crippen LogP contribution in [0.15, 0.2) is 67.1 Å². The molecule has 39 heavy (non-hydrogen) atoms. The van der Waals surface area contributed by atoms with Gasteiger partial charge in [-0.15, -0.1) is 0 Å². The number of aromatic nitrogens is 3. The second-order valence-electron chi connectivity index (χ2n) is 9.51. The lowest BCUT2D eigenvalue weighted by molar-refractivity contribution is -0.111. The maximum Gasteiger partial charge on any atom is 0.248 e. The molecule has 0 atom stereocenters. The third-order valence-electron chi connectivity index (χ3n) is 6.64. The molecule has 202 valence electrons. The smallest absolute Gasteiger partial charge is 0.248 e. The van der Waals surface area contributed by atoms with Gasteiger partial charge < -0.3 is 15.4 Å². The summed E-state index contributed by atoms with van der Waals surface area (Å²) in [5, 5.41) is 10.9. The van der Waals surface area contributed by atoms with Crippen LogP contribution in [0.5, 0.6) is 5.75 Å². The standard InChI is InChI=1S/C29H30ClFN6O2/c1-20-25(35-27(38)9-6-14-36-12-3-2-4-13-36)17-37-28(20)29(32-19-33-37)34-23-10-11-26(24(30)16-23)39-18-21-7-5-8-22(31)15-21/h5-11,15-17,19H,2-4,12-14,18H2,1H3,(H,35,38)(H,32,33,34)/b9-6+. The Morgan fingerprint density at radius 1 is 1.18 bits per heavy atom. The molecule has 10 heteroatoms. The first-order chi connectivity index (χ1) is 19.0. The highest BCUT2D eigenvalue weighted by atomic mass is 35.5. The van der Waals surface area contributed by atoms with E-state index < -0.39 is 0 Å². The highest BCUT2D eigenvalue weighted by Crippen LogP contribution is 2.32. The first-order valence-electron chi connectivity index (χ1n) is 12.9. The third-order valence-corrected chi connectivity index (χ3v) is 6.94. The quantitative estimate of drug-likeness (QED) is 0.245. The zero-order valence-electron chi connectivity index (χ0n) is 21.7. The van der Waals surface area contributed by atoms with E-state index in [0.717, 1.165) is 30.7 Å². The van der Waals surface area contributed by atoms with Gasteiger partial charge in [-0.1, -0.05) is 36.2 Å². The van der Waals surface area contributed by atoms with Crippen molar-refractivity contribution in [3.8, 4) is 5.75 Å². The molecule has 4 aromatic rings. The molecule has 5 rings (SSSR count). The second-order valence-corrected chi connectivity index (χ2v) is 9.92. The highest BCUT2D eigenvalue weighted by molar-refractivity contribution is 6.32. The monoisotopic (exact) mass is 548 g/mol. The highest BCUT2D eigenvalue weighted by Gasteiger charge is 2.15. The number of likely N-dealkylation sites (tertiary alicyclic amines) is 1. The maximum absolute atomic E-state index is 13.4. The van der Waals surface area contributed by atoms with E-state index in [2.05, 4.69) is 25.6 Å². The van der Waals surface area contributed by atoms with Crippen LogP contribution in [0.1, 0.15) is 30.4 Å². The lowest BCUT2D eigenvalue weighted by Crippen LogP contribution is -2.29. The van der Waals surface area contributed by atoms with Crippen molar-refractivity contribution in [2.24, 2.45) is 0 Å². The van der Waals surface area contributed by atoms with Crippen LogP contribution in [-0.4, -0.2) is 45.0 Å². The number of piperidine rings is 1. The van der Waals surface area contributed by atoms with Gasteiger partial charge in [0.15, 0.2) is 5.82 Å². The number of fused-ring (bicyclic) bond motifs is 1. The second kappa shape index (κ2) is 12.3. The number of anilines is 3. The Bertz CT molecular complexity index is 1500. The molecule has 0 saturated carbocycles. The zero-order valence-corrected chi connectivity index (χ0v) is 22.4. The molecule has 3 heterocycles. The van der Waals surface area contributed by atoms with E-state index >= 15 is 0 Å². The van der Waals surface area contributed by atoms with E-state index in [1.807, 2.05) is 19.1 Å². The average Bonchev–Trinajstić information content (AvgIpc) is 3.24. The molecular weight excluding hydrogens is 519 g/mol. The van der Waals surface area contributed by atoms with Crippen molar-refractivity contribution in [1.82, 2.24) is 19.5 Å². The van der Waals surface area contributed by atoms with E-state index in [4.69, 9.17) is 16.3 Å². The van der Waals surface area contributed by atoms with Crippen molar-refractivity contribution in [3.05, 3.63) is 89.1 Å². The largest absolute Gasteiger partial charge is 0.487 e. The number of rotatable bonds is 9. The summed E-state index contributed by atoms with van der Waals surface area (Å²) in [6.45, 7) is 5.05. The van der Waals surface area contributed by atoms with Gasteiger partial charge in [0.05, 0.1) is 16.9 Å². The summed E-state index contributed by atoms with van der Waals surface area (Å²) in [5.74, 6) is 0.546. The van der Waals surface area contributed by atoms with Gasteiger partial charge >= 0.3 is 0 Å². The number of hydrogen-bond donors (Lipinski definition) is 2. The number of carbonyl (C=O) groups is 1. The Labute approximate surface area is 231 Å². The fraction of sp³-hybridized carbons (Fsp3) is 0.276. The van der Waals surface area contributed by atoms with Crippen molar-refractivity contribution < 1.29 is 13.9 Å². The van der Waals surface area contributed by atoms with Crippen molar-refractivity contribution >= 4 is 40.2 Å². The van der Waals surface area contributed by atoms with E-state index in [9.17, 15) is 9.18 Å². The lowest BCUT2D eigenvalue weighted by Gasteiger charge is -2.24. The Balaban J connectivity index is 1.25. The van der Waals surface area contributed by atoms with Gasteiger partial charge in [-0.05, 0) is 68.8 Å². The number of nitrogens with zero attached hydrogens (tertiary/aromatic N) is 4. The summed E-state index contributed by atoms with van der Waals surface area (Å²) < 4.78 is 20.9. The van der Waals surface area contributed by atoms with Gasteiger partial charge in [-0.3, -0.25) is 9.69 Å². The summed E-state index contributed by atoms with van der Waals surface area (Å²) in [6.07, 6.45) is 10.4. The minimum Gasteiger partial charge on any atom is -0.487 e. The van der Waals surface area contributed by atoms with E-state index in [1.165, 1.54) is 37.7 Å². The molecule has 2 N–H and O–H groups in total. The van der Waals surface area contributed by atoms with Crippen LogP contribution >= 0.6 is 11.6 Å². The first kappa shape index (κ1) is 26.6. The van der Waals surface area contributed by atoms with Crippen LogP contribution in [0.2, 0.25) is 5.02 Å². The van der Waals surface area contributed by atoms with Gasteiger partial charge in [-0.25, -0.2) is 13.9 Å². The number of benzene rings is 2. The van der Waals surface area contributed by atoms with Crippen LogP contribution in [0.25, 0.3) is 5.52 Å². The van der Waals surface area contributed by atoms with Crippen molar-refractivity contribution in [2.75, 3.05) is 30.3 Å². The summed E-state index contributed by atoms with van der Waals surface area (Å²) >= 11 is 6.46. The molecule has 2 aromatic carbocycles. The lowest BCUT2D eigenvalue weighted by atomic mass is 10.1. The maximum atomic E-state index is 13.4. The van der Waals surface area contributed by atoms with Crippen LogP contribution in [0.4, 0.5) is 21.6 Å². The molecule has 1 fully saturated rings. The van der Waals surface area contributed by atoms with Gasteiger partial charge in [0.25, 0.3) is 0 Å². The Hall–Kier alpha value is -3.95. The molecule has 1 aliphatic rings. The molecule has 0 radical (unpaired) electrons. The van der Waals surface area contributed by atoms with Gasteiger partial charge in [-0.2, -0.15) is 5.10 Å². The van der Waals surface area contributed by atoms with Crippen molar-refractivity contribution in [1.29, 1.82) is 0 Å². The topological polar surface area (TPSA) is 83.8 Å². The molecule has 0 aliphatic carbocycles. The summed E-state index contributed by atoms with van der Waals surface area (Å²) in [6, 6.07) is 11.5. The van der Waals surface area contributed by atoms with Crippen LogP contribution in [-0.2, 0) is 11.4 Å². The Morgan fingerprint density at radius 2 is 2.03 bits per heavy atom. The molecular formula is C29H30ClFN6O2. The predicted octanol–water partition coefficient (Wildman–Crippen LogP) is 6.13. The fourth-order valence-electron chi connectivity index (χ4n) is 4.62. The minimum absolute atomic E-state index is 0.186. The zero-order chi connectivity index (χ0) is 27.2. The molecule has 0 unspecified atom stereocenters. The number of halogens is 2. The van der Waals surface area contributed by atoms with Gasteiger partial charge in [0.2, 0.25) is 5.91 Å². The molecule has 1 saturated heterocycles. The Kier molecular flexibility index (Phi) is 8.39. The minimum atomic E-state index is -0.314. The number of aryl methyl sites for hydroxylation is 1. The van der Waals surface area contributed by atoms with Crippen molar-refractivity contribution in [3.63, 3.8) is 0 Å². The van der Waals surface area contributed by atoms with E-state index in [-0.39, 0.29) is 18.3 Å². The van der Waals surface area contributed by atoms with Crippen LogP contribution in [0, 0.1) is 12.7 Å². The normalized spacial score (nSPS) is 14.1. The summed E-state index contributed by atoms with van der Waals surface area (Å²) in [4.78, 5) is 19.3. The van der Waals surface area contributed by atoms with Gasteiger partial charge in [0, 0.05) is 23.9 Å². The van der Waals surface area contributed by atoms with Crippen LogP contribution < -0.4 is 15.4 Å². The van der Waals surface area contributed by atoms with Crippen LogP contribution in [0.3, 0.4) is 0 Å². The average molecular weight is 549 g/mol. The summed E-state index contributed by atoms with van der Waals surface area (Å²) in [5.41, 5.74) is 3.63. The van der Waals surface area contributed by atoms with Gasteiger partial charge in [0.1, 0.15) is 30.0 Å². The third kappa shape index (κ3) is 6.74. The molecule has 1 aliphatic heterocycles. The number of ether oxygens (including phenoxy) is 1. The molecule has 0 spiro atoms. The van der Waals surface area contributed by atoms with Crippen molar-refractivity contribution in [2.45, 2.75) is 32.8 Å². The fourth-order valence-corrected chi connectivity index (χ4v) is 4.86. The number of carbonyl (C=O) groups excluding carboxylic acids is 1. The number of amides is 1. The molecule has 8 nitrogen and oxygen atoms in total. The molecule has 0 bridgehead atoms. The molecule has 1 amide bonds.